The molecule has 0 bridgehead atoms. The Balaban J connectivity index is 1.30. The maximum absolute atomic E-state index is 13.5. The van der Waals surface area contributed by atoms with E-state index in [0.717, 1.165) is 59.3 Å². The first-order valence-corrected chi connectivity index (χ1v) is 11.6. The van der Waals surface area contributed by atoms with Gasteiger partial charge >= 0.3 is 0 Å². The zero-order chi connectivity index (χ0) is 22.2. The van der Waals surface area contributed by atoms with Crippen LogP contribution in [-0.4, -0.2) is 46.3 Å². The van der Waals surface area contributed by atoms with Gasteiger partial charge in [0.15, 0.2) is 0 Å². The number of H-pyrrole nitrogens is 1. The van der Waals surface area contributed by atoms with Crippen molar-refractivity contribution in [1.29, 1.82) is 0 Å². The number of aromatic nitrogens is 2. The molecule has 5 rings (SSSR count). The summed E-state index contributed by atoms with van der Waals surface area (Å²) in [7, 11) is 0. The van der Waals surface area contributed by atoms with Crippen LogP contribution in [0.25, 0.3) is 10.9 Å². The number of carbonyl (C=O) groups excluding carboxylic acids is 2. The Labute approximate surface area is 188 Å². The van der Waals surface area contributed by atoms with E-state index in [0.29, 0.717) is 18.0 Å². The topological polar surface area (TPSA) is 78.1 Å². The lowest BCUT2D eigenvalue weighted by Crippen LogP contribution is -2.39. The molecule has 1 aromatic carbocycles. The highest BCUT2D eigenvalue weighted by molar-refractivity contribution is 6.08. The van der Waals surface area contributed by atoms with E-state index in [1.165, 1.54) is 12.8 Å². The highest BCUT2D eigenvalue weighted by atomic mass is 16.2. The standard InChI is InChI=1S/C26H30N4O2/c1-16-17(2)29-23-7-3-6-21(24(16)23)26(32)30-12-4-5-20(15-30)22-11-10-19(14-27-22)25(31)28-13-18-8-9-18/h3,6-7,10-11,14,18,20,29H,4-5,8-9,12-13,15H2,1-2H3,(H,28,31)/t20-/m0/s1. The first-order valence-electron chi connectivity index (χ1n) is 11.6. The molecule has 6 nitrogen and oxygen atoms in total. The summed E-state index contributed by atoms with van der Waals surface area (Å²) >= 11 is 0. The van der Waals surface area contributed by atoms with Crippen molar-refractivity contribution in [3.8, 4) is 0 Å². The molecule has 6 heteroatoms. The van der Waals surface area contributed by atoms with Gasteiger partial charge in [-0.3, -0.25) is 14.6 Å². The van der Waals surface area contributed by atoms with Crippen molar-refractivity contribution >= 4 is 22.7 Å². The molecule has 166 valence electrons. The lowest BCUT2D eigenvalue weighted by molar-refractivity contribution is 0.0707. The summed E-state index contributed by atoms with van der Waals surface area (Å²) in [5.74, 6) is 0.867. The molecule has 3 aromatic rings. The van der Waals surface area contributed by atoms with Gasteiger partial charge in [-0.1, -0.05) is 6.07 Å². The van der Waals surface area contributed by atoms with Gasteiger partial charge < -0.3 is 15.2 Å². The summed E-state index contributed by atoms with van der Waals surface area (Å²) in [6.45, 7) is 6.28. The number of likely N-dealkylation sites (tertiary alicyclic amines) is 1. The van der Waals surface area contributed by atoms with Crippen LogP contribution in [-0.2, 0) is 0 Å². The van der Waals surface area contributed by atoms with E-state index in [-0.39, 0.29) is 17.7 Å². The molecule has 1 aliphatic carbocycles. The van der Waals surface area contributed by atoms with Crippen LogP contribution < -0.4 is 5.32 Å². The van der Waals surface area contributed by atoms with Crippen LogP contribution in [0.1, 0.15) is 69.3 Å². The smallest absolute Gasteiger partial charge is 0.254 e. The fourth-order valence-corrected chi connectivity index (χ4v) is 4.74. The number of nitrogens with zero attached hydrogens (tertiary/aromatic N) is 2. The van der Waals surface area contributed by atoms with Gasteiger partial charge in [0.2, 0.25) is 0 Å². The molecule has 32 heavy (non-hydrogen) atoms. The summed E-state index contributed by atoms with van der Waals surface area (Å²) in [6.07, 6.45) is 6.04. The van der Waals surface area contributed by atoms with Crippen LogP contribution in [0.15, 0.2) is 36.5 Å². The van der Waals surface area contributed by atoms with Crippen LogP contribution in [0.5, 0.6) is 0 Å². The fraction of sp³-hybridized carbons (Fsp3) is 0.423. The quantitative estimate of drug-likeness (QED) is 0.632. The second-order valence-electron chi connectivity index (χ2n) is 9.32. The van der Waals surface area contributed by atoms with E-state index in [1.807, 2.05) is 42.2 Å². The van der Waals surface area contributed by atoms with Crippen molar-refractivity contribution in [3.63, 3.8) is 0 Å². The Morgan fingerprint density at radius 2 is 2.00 bits per heavy atom. The highest BCUT2D eigenvalue weighted by Crippen LogP contribution is 2.30. The van der Waals surface area contributed by atoms with Crippen molar-refractivity contribution in [2.75, 3.05) is 19.6 Å². The minimum atomic E-state index is -0.0540. The van der Waals surface area contributed by atoms with Crippen LogP contribution in [0.3, 0.4) is 0 Å². The van der Waals surface area contributed by atoms with E-state index >= 15 is 0 Å². The van der Waals surface area contributed by atoms with Gasteiger partial charge in [0, 0.05) is 59.6 Å². The van der Waals surface area contributed by atoms with E-state index in [4.69, 9.17) is 0 Å². The van der Waals surface area contributed by atoms with Crippen LogP contribution in [0, 0.1) is 19.8 Å². The van der Waals surface area contributed by atoms with Crippen LogP contribution in [0.2, 0.25) is 0 Å². The Morgan fingerprint density at radius 3 is 2.75 bits per heavy atom. The van der Waals surface area contributed by atoms with E-state index in [2.05, 4.69) is 22.2 Å². The Hall–Kier alpha value is -3.15. The average molecular weight is 431 g/mol. The van der Waals surface area contributed by atoms with Gasteiger partial charge in [-0.05, 0) is 75.3 Å². The third-order valence-corrected chi connectivity index (χ3v) is 6.98. The van der Waals surface area contributed by atoms with Crippen LogP contribution >= 0.6 is 0 Å². The van der Waals surface area contributed by atoms with Crippen molar-refractivity contribution in [2.24, 2.45) is 5.92 Å². The molecule has 2 N–H and O–H groups in total. The number of benzene rings is 1. The number of piperidine rings is 1. The molecule has 2 amide bonds. The number of aryl methyl sites for hydroxylation is 2. The fourth-order valence-electron chi connectivity index (χ4n) is 4.74. The second kappa shape index (κ2) is 8.41. The molecule has 0 spiro atoms. The molecule has 2 aromatic heterocycles. The minimum Gasteiger partial charge on any atom is -0.358 e. The zero-order valence-corrected chi connectivity index (χ0v) is 18.8. The summed E-state index contributed by atoms with van der Waals surface area (Å²) in [4.78, 5) is 35.7. The maximum atomic E-state index is 13.5. The van der Waals surface area contributed by atoms with E-state index in [9.17, 15) is 9.59 Å². The largest absolute Gasteiger partial charge is 0.358 e. The monoisotopic (exact) mass is 430 g/mol. The second-order valence-corrected chi connectivity index (χ2v) is 9.32. The summed E-state index contributed by atoms with van der Waals surface area (Å²) < 4.78 is 0. The Bertz CT molecular complexity index is 1160. The number of hydrogen-bond acceptors (Lipinski definition) is 3. The van der Waals surface area contributed by atoms with Gasteiger partial charge in [-0.2, -0.15) is 0 Å². The number of carbonyl (C=O) groups is 2. The van der Waals surface area contributed by atoms with E-state index in [1.54, 1.807) is 6.20 Å². The SMILES string of the molecule is Cc1[nH]c2cccc(C(=O)N3CCC[C@H](c4ccc(C(=O)NCC5CC5)cn4)C3)c2c1C. The first-order chi connectivity index (χ1) is 15.5. The van der Waals surface area contributed by atoms with E-state index < -0.39 is 0 Å². The summed E-state index contributed by atoms with van der Waals surface area (Å²) in [5, 5.41) is 4.01. The van der Waals surface area contributed by atoms with Gasteiger partial charge in [-0.25, -0.2) is 0 Å². The number of nitrogens with one attached hydrogen (secondary N) is 2. The minimum absolute atomic E-state index is 0.0540. The average Bonchev–Trinajstić information content (AvgIpc) is 3.61. The predicted molar refractivity (Wildman–Crippen MR) is 125 cm³/mol. The van der Waals surface area contributed by atoms with Gasteiger partial charge in [-0.15, -0.1) is 0 Å². The van der Waals surface area contributed by atoms with Crippen molar-refractivity contribution < 1.29 is 9.59 Å². The number of rotatable bonds is 5. The van der Waals surface area contributed by atoms with Crippen molar-refractivity contribution in [3.05, 3.63) is 64.6 Å². The molecule has 1 atom stereocenters. The first kappa shape index (κ1) is 20.7. The zero-order valence-electron chi connectivity index (χ0n) is 18.8. The Morgan fingerprint density at radius 1 is 1.16 bits per heavy atom. The number of pyridine rings is 1. The molecule has 2 fully saturated rings. The third-order valence-electron chi connectivity index (χ3n) is 6.98. The van der Waals surface area contributed by atoms with Gasteiger partial charge in [0.25, 0.3) is 11.8 Å². The normalized spacial score (nSPS) is 18.7. The molecular weight excluding hydrogens is 400 g/mol. The number of amides is 2. The number of fused-ring (bicyclic) bond motifs is 1. The van der Waals surface area contributed by atoms with Gasteiger partial charge in [0.05, 0.1) is 5.56 Å². The number of aromatic amines is 1. The molecule has 0 unspecified atom stereocenters. The number of hydrogen-bond donors (Lipinski definition) is 2. The summed E-state index contributed by atoms with van der Waals surface area (Å²) in [6, 6.07) is 9.71. The van der Waals surface area contributed by atoms with Crippen LogP contribution in [0.4, 0.5) is 0 Å². The van der Waals surface area contributed by atoms with Crippen molar-refractivity contribution in [1.82, 2.24) is 20.2 Å². The molecular formula is C26H30N4O2. The molecule has 1 aliphatic heterocycles. The summed E-state index contributed by atoms with van der Waals surface area (Å²) in [5.41, 5.74) is 5.56. The third kappa shape index (κ3) is 4.01. The molecule has 1 saturated carbocycles. The maximum Gasteiger partial charge on any atom is 0.254 e. The van der Waals surface area contributed by atoms with Crippen molar-refractivity contribution in [2.45, 2.75) is 45.4 Å². The lowest BCUT2D eigenvalue weighted by atomic mass is 9.93. The molecule has 2 aliphatic rings. The molecule has 0 radical (unpaired) electrons. The Kier molecular flexibility index (Phi) is 5.45. The lowest BCUT2D eigenvalue weighted by Gasteiger charge is -2.33. The van der Waals surface area contributed by atoms with Gasteiger partial charge in [0.1, 0.15) is 0 Å². The molecule has 3 heterocycles. The predicted octanol–water partition coefficient (Wildman–Crippen LogP) is 4.34. The molecule has 1 saturated heterocycles. The highest BCUT2D eigenvalue weighted by Gasteiger charge is 2.28.